The molecule has 0 fully saturated rings. The predicted molar refractivity (Wildman–Crippen MR) is 65.3 cm³/mol. The molecule has 6 heteroatoms. The zero-order valence-electron chi connectivity index (χ0n) is 9.17. The van der Waals surface area contributed by atoms with E-state index in [9.17, 15) is 4.79 Å². The smallest absolute Gasteiger partial charge is 0.242 e. The van der Waals surface area contributed by atoms with Crippen molar-refractivity contribution in [2.24, 2.45) is 0 Å². The fraction of sp³-hybridized carbons (Fsp3) is 0.182. The van der Waals surface area contributed by atoms with Crippen molar-refractivity contribution in [1.82, 2.24) is 14.8 Å². The van der Waals surface area contributed by atoms with Crippen LogP contribution < -0.4 is 5.32 Å². The highest BCUT2D eigenvalue weighted by atomic mass is 35.5. The van der Waals surface area contributed by atoms with Crippen molar-refractivity contribution in [3.8, 4) is 5.82 Å². The van der Waals surface area contributed by atoms with Crippen LogP contribution >= 0.6 is 11.6 Å². The first-order chi connectivity index (χ1) is 8.16. The number of hydrogen-bond acceptors (Lipinski definition) is 3. The lowest BCUT2D eigenvalue weighted by Gasteiger charge is -2.06. The SMILES string of the molecule is CC(Cl)C(=O)Nc1ccc(-n2cccn2)nc1. The van der Waals surface area contributed by atoms with Crippen LogP contribution in [0.2, 0.25) is 0 Å². The minimum Gasteiger partial charge on any atom is -0.323 e. The van der Waals surface area contributed by atoms with E-state index in [0.717, 1.165) is 0 Å². The van der Waals surface area contributed by atoms with E-state index in [0.29, 0.717) is 11.5 Å². The van der Waals surface area contributed by atoms with Crippen LogP contribution in [0, 0.1) is 0 Å². The van der Waals surface area contributed by atoms with Crippen molar-refractivity contribution in [2.75, 3.05) is 5.32 Å². The molecule has 0 saturated heterocycles. The number of pyridine rings is 1. The van der Waals surface area contributed by atoms with Crippen LogP contribution in [0.3, 0.4) is 0 Å². The second kappa shape index (κ2) is 4.97. The van der Waals surface area contributed by atoms with Gasteiger partial charge in [0.1, 0.15) is 5.38 Å². The van der Waals surface area contributed by atoms with E-state index in [1.807, 2.05) is 6.07 Å². The first kappa shape index (κ1) is 11.6. The van der Waals surface area contributed by atoms with Gasteiger partial charge in [-0.2, -0.15) is 5.10 Å². The molecule has 17 heavy (non-hydrogen) atoms. The van der Waals surface area contributed by atoms with E-state index in [-0.39, 0.29) is 5.91 Å². The molecule has 1 N–H and O–H groups in total. The summed E-state index contributed by atoms with van der Waals surface area (Å²) in [5.74, 6) is 0.437. The predicted octanol–water partition coefficient (Wildman–Crippen LogP) is 1.83. The van der Waals surface area contributed by atoms with Crippen molar-refractivity contribution < 1.29 is 4.79 Å². The molecule has 88 valence electrons. The van der Waals surface area contributed by atoms with Crippen LogP contribution in [-0.2, 0) is 4.79 Å². The largest absolute Gasteiger partial charge is 0.323 e. The van der Waals surface area contributed by atoms with E-state index in [2.05, 4.69) is 15.4 Å². The summed E-state index contributed by atoms with van der Waals surface area (Å²) in [6.45, 7) is 1.61. The average Bonchev–Trinajstić information content (AvgIpc) is 2.83. The number of alkyl halides is 1. The van der Waals surface area contributed by atoms with Gasteiger partial charge in [-0.1, -0.05) is 0 Å². The summed E-state index contributed by atoms with van der Waals surface area (Å²) in [5.41, 5.74) is 0.610. The molecule has 0 saturated carbocycles. The van der Waals surface area contributed by atoms with Crippen LogP contribution in [0.1, 0.15) is 6.92 Å². The van der Waals surface area contributed by atoms with Crippen LogP contribution in [0.25, 0.3) is 5.82 Å². The first-order valence-corrected chi connectivity index (χ1v) is 5.51. The quantitative estimate of drug-likeness (QED) is 0.846. The van der Waals surface area contributed by atoms with E-state index in [4.69, 9.17) is 11.6 Å². The molecule has 2 aromatic rings. The lowest BCUT2D eigenvalue weighted by Crippen LogP contribution is -2.20. The van der Waals surface area contributed by atoms with Crippen molar-refractivity contribution in [3.05, 3.63) is 36.8 Å². The average molecular weight is 251 g/mol. The number of nitrogens with zero attached hydrogens (tertiary/aromatic N) is 3. The number of nitrogens with one attached hydrogen (secondary N) is 1. The molecule has 2 rings (SSSR count). The van der Waals surface area contributed by atoms with E-state index in [1.165, 1.54) is 0 Å². The highest BCUT2D eigenvalue weighted by Gasteiger charge is 2.09. The highest BCUT2D eigenvalue weighted by Crippen LogP contribution is 2.10. The van der Waals surface area contributed by atoms with E-state index in [1.54, 1.807) is 42.3 Å². The fourth-order valence-corrected chi connectivity index (χ4v) is 1.30. The summed E-state index contributed by atoms with van der Waals surface area (Å²) in [6.07, 6.45) is 5.03. The van der Waals surface area contributed by atoms with Crippen LogP contribution in [0.15, 0.2) is 36.8 Å². The van der Waals surface area contributed by atoms with Crippen molar-refractivity contribution in [1.29, 1.82) is 0 Å². The Kier molecular flexibility index (Phi) is 3.39. The number of aromatic nitrogens is 3. The van der Waals surface area contributed by atoms with Gasteiger partial charge in [0.05, 0.1) is 11.9 Å². The second-order valence-electron chi connectivity index (χ2n) is 3.46. The zero-order chi connectivity index (χ0) is 12.3. The number of anilines is 1. The summed E-state index contributed by atoms with van der Waals surface area (Å²) in [4.78, 5) is 15.5. The zero-order valence-corrected chi connectivity index (χ0v) is 9.93. The minimum absolute atomic E-state index is 0.250. The lowest BCUT2D eigenvalue weighted by molar-refractivity contribution is -0.115. The Morgan fingerprint density at radius 2 is 2.35 bits per heavy atom. The van der Waals surface area contributed by atoms with Gasteiger partial charge in [-0.25, -0.2) is 9.67 Å². The monoisotopic (exact) mass is 250 g/mol. The first-order valence-electron chi connectivity index (χ1n) is 5.08. The Hall–Kier alpha value is -1.88. The number of halogens is 1. The van der Waals surface area contributed by atoms with Gasteiger partial charge in [0.2, 0.25) is 5.91 Å². The Bertz CT molecular complexity index is 493. The van der Waals surface area contributed by atoms with Gasteiger partial charge in [0.15, 0.2) is 5.82 Å². The highest BCUT2D eigenvalue weighted by molar-refractivity contribution is 6.32. The number of hydrogen-bond donors (Lipinski definition) is 1. The Labute approximate surface area is 103 Å². The third-order valence-electron chi connectivity index (χ3n) is 2.12. The standard InChI is InChI=1S/C11H11ClN4O/c1-8(12)11(17)15-9-3-4-10(13-7-9)16-6-2-5-14-16/h2-8H,1H3,(H,15,17). The molecule has 2 heterocycles. The molecule has 0 radical (unpaired) electrons. The summed E-state index contributed by atoms with van der Waals surface area (Å²) in [5, 5.41) is 6.13. The van der Waals surface area contributed by atoms with Crippen molar-refractivity contribution in [2.45, 2.75) is 12.3 Å². The van der Waals surface area contributed by atoms with E-state index >= 15 is 0 Å². The van der Waals surface area contributed by atoms with Crippen molar-refractivity contribution >= 4 is 23.2 Å². The summed E-state index contributed by atoms with van der Waals surface area (Å²) < 4.78 is 1.63. The molecular formula is C11H11ClN4O. The number of carbonyl (C=O) groups excluding carboxylic acids is 1. The number of rotatable bonds is 3. The van der Waals surface area contributed by atoms with Gasteiger partial charge in [-0.05, 0) is 25.1 Å². The van der Waals surface area contributed by atoms with Gasteiger partial charge in [-0.3, -0.25) is 4.79 Å². The fourth-order valence-electron chi connectivity index (χ4n) is 1.24. The molecule has 0 aliphatic carbocycles. The van der Waals surface area contributed by atoms with Gasteiger partial charge in [0.25, 0.3) is 0 Å². The lowest BCUT2D eigenvalue weighted by atomic mass is 10.3. The number of carbonyl (C=O) groups is 1. The van der Waals surface area contributed by atoms with Gasteiger partial charge >= 0.3 is 0 Å². The normalized spacial score (nSPS) is 12.1. The maximum atomic E-state index is 11.3. The molecule has 1 unspecified atom stereocenters. The minimum atomic E-state index is -0.569. The molecule has 0 bridgehead atoms. The molecule has 0 aliphatic heterocycles. The molecule has 1 atom stereocenters. The van der Waals surface area contributed by atoms with Gasteiger partial charge in [0, 0.05) is 12.4 Å². The maximum Gasteiger partial charge on any atom is 0.242 e. The number of amides is 1. The summed E-state index contributed by atoms with van der Waals surface area (Å²) in [6, 6.07) is 5.33. The topological polar surface area (TPSA) is 59.8 Å². The Balaban J connectivity index is 2.11. The summed E-state index contributed by atoms with van der Waals surface area (Å²) in [7, 11) is 0. The molecule has 2 aromatic heterocycles. The second-order valence-corrected chi connectivity index (χ2v) is 4.12. The molecule has 0 spiro atoms. The molecule has 0 aromatic carbocycles. The molecular weight excluding hydrogens is 240 g/mol. The molecule has 1 amide bonds. The van der Waals surface area contributed by atoms with Crippen LogP contribution in [-0.4, -0.2) is 26.0 Å². The van der Waals surface area contributed by atoms with Crippen LogP contribution in [0.4, 0.5) is 5.69 Å². The van der Waals surface area contributed by atoms with Gasteiger partial charge in [-0.15, -0.1) is 11.6 Å². The third-order valence-corrected chi connectivity index (χ3v) is 2.31. The van der Waals surface area contributed by atoms with Gasteiger partial charge < -0.3 is 5.32 Å². The van der Waals surface area contributed by atoms with E-state index < -0.39 is 5.38 Å². The Morgan fingerprint density at radius 3 is 2.88 bits per heavy atom. The third kappa shape index (κ3) is 2.82. The maximum absolute atomic E-state index is 11.3. The molecule has 5 nitrogen and oxygen atoms in total. The van der Waals surface area contributed by atoms with Crippen molar-refractivity contribution in [3.63, 3.8) is 0 Å². The van der Waals surface area contributed by atoms with Crippen LogP contribution in [0.5, 0.6) is 0 Å². The Morgan fingerprint density at radius 1 is 1.53 bits per heavy atom. The molecule has 0 aliphatic rings. The summed E-state index contributed by atoms with van der Waals surface area (Å²) >= 11 is 5.64.